The van der Waals surface area contributed by atoms with Crippen molar-refractivity contribution in [3.8, 4) is 6.07 Å². The summed E-state index contributed by atoms with van der Waals surface area (Å²) in [7, 11) is 1.84. The van der Waals surface area contributed by atoms with Crippen molar-refractivity contribution in [1.82, 2.24) is 5.32 Å². The number of benzene rings is 1. The lowest BCUT2D eigenvalue weighted by Crippen LogP contribution is -2.07. The number of aryl methyl sites for hydroxylation is 1. The van der Waals surface area contributed by atoms with E-state index in [9.17, 15) is 0 Å². The summed E-state index contributed by atoms with van der Waals surface area (Å²) < 4.78 is 0. The van der Waals surface area contributed by atoms with E-state index in [0.717, 1.165) is 11.3 Å². The molecule has 0 aliphatic heterocycles. The molecule has 0 saturated heterocycles. The molecule has 1 aromatic carbocycles. The van der Waals surface area contributed by atoms with Gasteiger partial charge in [-0.05, 0) is 43.5 Å². The van der Waals surface area contributed by atoms with Crippen LogP contribution in [0.5, 0.6) is 0 Å². The molecule has 0 aliphatic rings. The third-order valence-corrected chi connectivity index (χ3v) is 2.71. The van der Waals surface area contributed by atoms with Crippen molar-refractivity contribution >= 4 is 11.8 Å². The molecule has 0 amide bonds. The molecule has 1 aromatic rings. The van der Waals surface area contributed by atoms with Crippen molar-refractivity contribution in [2.45, 2.75) is 20.8 Å². The van der Waals surface area contributed by atoms with Crippen LogP contribution in [0.3, 0.4) is 0 Å². The Hall–Kier alpha value is -2.01. The lowest BCUT2D eigenvalue weighted by molar-refractivity contribution is 1.11. The first-order chi connectivity index (χ1) is 8.13. The fourth-order valence-corrected chi connectivity index (χ4v) is 1.76. The van der Waals surface area contributed by atoms with Crippen LogP contribution in [0.25, 0.3) is 11.8 Å². The summed E-state index contributed by atoms with van der Waals surface area (Å²) in [5.41, 5.74) is 5.05. The van der Waals surface area contributed by atoms with Crippen LogP contribution in [0, 0.1) is 18.3 Å². The van der Waals surface area contributed by atoms with Crippen LogP contribution in [-0.4, -0.2) is 7.05 Å². The van der Waals surface area contributed by atoms with Gasteiger partial charge in [-0.3, -0.25) is 0 Å². The Labute approximate surface area is 103 Å². The van der Waals surface area contributed by atoms with E-state index in [1.54, 1.807) is 0 Å². The third-order valence-electron chi connectivity index (χ3n) is 2.71. The second kappa shape index (κ2) is 5.91. The Morgan fingerprint density at radius 2 is 2.12 bits per heavy atom. The molecule has 0 heterocycles. The van der Waals surface area contributed by atoms with Crippen LogP contribution in [0.1, 0.15) is 30.5 Å². The van der Waals surface area contributed by atoms with Gasteiger partial charge in [-0.1, -0.05) is 24.3 Å². The molecule has 2 heteroatoms. The summed E-state index contributed by atoms with van der Waals surface area (Å²) in [6, 6.07) is 8.39. The Bertz CT molecular complexity index is 502. The van der Waals surface area contributed by atoms with Crippen molar-refractivity contribution in [2.24, 2.45) is 0 Å². The summed E-state index contributed by atoms with van der Waals surface area (Å²) in [5, 5.41) is 12.1. The maximum atomic E-state index is 8.96. The van der Waals surface area contributed by atoms with E-state index in [1.165, 1.54) is 11.1 Å². The summed E-state index contributed by atoms with van der Waals surface area (Å²) in [6.07, 6.45) is 4.10. The highest BCUT2D eigenvalue weighted by molar-refractivity contribution is 5.72. The summed E-state index contributed by atoms with van der Waals surface area (Å²) in [5.74, 6) is 0. The average Bonchev–Trinajstić information content (AvgIpc) is 2.34. The van der Waals surface area contributed by atoms with E-state index in [1.807, 2.05) is 33.0 Å². The molecular formula is C15H18N2. The molecule has 0 spiro atoms. The zero-order valence-electron chi connectivity index (χ0n) is 10.8. The molecule has 0 aliphatic carbocycles. The van der Waals surface area contributed by atoms with Crippen molar-refractivity contribution in [2.75, 3.05) is 7.05 Å². The minimum atomic E-state index is 0.697. The van der Waals surface area contributed by atoms with Crippen LogP contribution >= 0.6 is 0 Å². The van der Waals surface area contributed by atoms with Crippen LogP contribution in [0.4, 0.5) is 0 Å². The number of nitriles is 1. The van der Waals surface area contributed by atoms with Gasteiger partial charge in [0, 0.05) is 7.05 Å². The second-order valence-corrected chi connectivity index (χ2v) is 3.93. The predicted molar refractivity (Wildman–Crippen MR) is 73.2 cm³/mol. The van der Waals surface area contributed by atoms with Gasteiger partial charge in [0.1, 0.15) is 0 Å². The van der Waals surface area contributed by atoms with Crippen molar-refractivity contribution in [1.29, 1.82) is 5.26 Å². The van der Waals surface area contributed by atoms with Gasteiger partial charge in [0.25, 0.3) is 0 Å². The molecule has 0 bridgehead atoms. The lowest BCUT2D eigenvalue weighted by atomic mass is 10.0. The number of nitrogens with one attached hydrogen (secondary N) is 1. The largest absolute Gasteiger partial charge is 0.387 e. The lowest BCUT2D eigenvalue weighted by Gasteiger charge is -2.10. The van der Waals surface area contributed by atoms with Gasteiger partial charge in [0.15, 0.2) is 0 Å². The van der Waals surface area contributed by atoms with E-state index in [4.69, 9.17) is 5.26 Å². The summed E-state index contributed by atoms with van der Waals surface area (Å²) in [4.78, 5) is 0. The van der Waals surface area contributed by atoms with Crippen molar-refractivity contribution < 1.29 is 0 Å². The van der Waals surface area contributed by atoms with Crippen LogP contribution in [0.15, 0.2) is 29.8 Å². The highest BCUT2D eigenvalue weighted by Gasteiger charge is 2.05. The quantitative estimate of drug-likeness (QED) is 0.801. The van der Waals surface area contributed by atoms with E-state index < -0.39 is 0 Å². The molecule has 1 N–H and O–H groups in total. The standard InChI is InChI=1S/C15H18N2/c1-5-6-13-9-14(8-7-11(13)2)15(17-4)12(3)10-16/h5-9,17H,1-4H3/b6-5-,15-12+. The normalized spacial score (nSPS) is 12.2. The number of hydrogen-bond donors (Lipinski definition) is 1. The van der Waals surface area contributed by atoms with Gasteiger partial charge in [-0.15, -0.1) is 0 Å². The zero-order chi connectivity index (χ0) is 12.8. The van der Waals surface area contributed by atoms with Crippen LogP contribution < -0.4 is 5.32 Å². The number of rotatable bonds is 3. The molecule has 0 atom stereocenters. The molecule has 88 valence electrons. The van der Waals surface area contributed by atoms with Gasteiger partial charge in [-0.25, -0.2) is 0 Å². The maximum absolute atomic E-state index is 8.96. The van der Waals surface area contributed by atoms with Gasteiger partial charge in [0.2, 0.25) is 0 Å². The van der Waals surface area contributed by atoms with Crippen LogP contribution in [-0.2, 0) is 0 Å². The molecule has 1 rings (SSSR count). The van der Waals surface area contributed by atoms with E-state index >= 15 is 0 Å². The van der Waals surface area contributed by atoms with Crippen LogP contribution in [0.2, 0.25) is 0 Å². The van der Waals surface area contributed by atoms with E-state index in [2.05, 4.69) is 36.5 Å². The fourth-order valence-electron chi connectivity index (χ4n) is 1.76. The first-order valence-electron chi connectivity index (χ1n) is 5.66. The third kappa shape index (κ3) is 2.98. The predicted octanol–water partition coefficient (Wildman–Crippen LogP) is 3.50. The Kier molecular flexibility index (Phi) is 4.54. The summed E-state index contributed by atoms with van der Waals surface area (Å²) >= 11 is 0. The first-order valence-corrected chi connectivity index (χ1v) is 5.66. The Morgan fingerprint density at radius 1 is 1.41 bits per heavy atom. The molecule has 0 saturated carbocycles. The number of hydrogen-bond acceptors (Lipinski definition) is 2. The van der Waals surface area contributed by atoms with Crippen molar-refractivity contribution in [3.63, 3.8) is 0 Å². The topological polar surface area (TPSA) is 35.8 Å². The highest BCUT2D eigenvalue weighted by Crippen LogP contribution is 2.20. The first kappa shape index (κ1) is 13.1. The minimum absolute atomic E-state index is 0.697. The van der Waals surface area contributed by atoms with Gasteiger partial charge in [-0.2, -0.15) is 5.26 Å². The molecule has 17 heavy (non-hydrogen) atoms. The Morgan fingerprint density at radius 3 is 2.65 bits per heavy atom. The second-order valence-electron chi connectivity index (χ2n) is 3.93. The number of allylic oxidation sites excluding steroid dienone is 2. The molecule has 0 unspecified atom stereocenters. The smallest absolute Gasteiger partial charge is 0.0966 e. The molecular weight excluding hydrogens is 208 g/mol. The summed E-state index contributed by atoms with van der Waals surface area (Å²) in [6.45, 7) is 5.90. The SMILES string of the molecule is C/C=C\c1cc(/C(NC)=C(/C)C#N)ccc1C. The van der Waals surface area contributed by atoms with E-state index in [0.29, 0.717) is 5.57 Å². The van der Waals surface area contributed by atoms with E-state index in [-0.39, 0.29) is 0 Å². The molecule has 0 fully saturated rings. The van der Waals surface area contributed by atoms with Gasteiger partial charge < -0.3 is 5.32 Å². The molecule has 2 nitrogen and oxygen atoms in total. The van der Waals surface area contributed by atoms with Crippen molar-refractivity contribution in [3.05, 3.63) is 46.5 Å². The van der Waals surface area contributed by atoms with Gasteiger partial charge in [0.05, 0.1) is 17.3 Å². The monoisotopic (exact) mass is 226 g/mol. The molecule has 0 radical (unpaired) electrons. The number of nitrogens with zero attached hydrogens (tertiary/aromatic N) is 1. The highest BCUT2D eigenvalue weighted by atomic mass is 14.8. The zero-order valence-corrected chi connectivity index (χ0v) is 10.8. The van der Waals surface area contributed by atoms with Gasteiger partial charge >= 0.3 is 0 Å². The minimum Gasteiger partial charge on any atom is -0.387 e. The Balaban J connectivity index is 3.34. The fraction of sp³-hybridized carbons (Fsp3) is 0.267. The molecule has 0 aromatic heterocycles. The average molecular weight is 226 g/mol. The maximum Gasteiger partial charge on any atom is 0.0966 e.